The van der Waals surface area contributed by atoms with Gasteiger partial charge in [0.2, 0.25) is 5.82 Å². The number of ether oxygens (including phenoxy) is 1. The Kier molecular flexibility index (Phi) is 4.22. The molecule has 2 rings (SSSR count). The van der Waals surface area contributed by atoms with Crippen LogP contribution in [0, 0.1) is 10.1 Å². The van der Waals surface area contributed by atoms with Crippen LogP contribution in [-0.2, 0) is 0 Å². The molecule has 7 nitrogen and oxygen atoms in total. The second kappa shape index (κ2) is 6.08. The zero-order valence-corrected chi connectivity index (χ0v) is 11.7. The lowest BCUT2D eigenvalue weighted by molar-refractivity contribution is -0.384. The number of benzene rings is 1. The molecular weight excluding hydrogens is 272 g/mol. The first kappa shape index (κ1) is 14.6. The zero-order valence-electron chi connectivity index (χ0n) is 11.7. The largest absolute Gasteiger partial charge is 0.497 e. The Morgan fingerprint density at radius 3 is 2.48 bits per heavy atom. The minimum atomic E-state index is -0.557. The standard InChI is InChI=1S/C14H16N4O3/c1-9(10-3-5-11(21-2)6-4-10)16-13-8-7-12(18(19)20)14(15)17-13/h3-9H,1-2H3,(H3,15,16,17). The number of nitrogen functional groups attached to an aromatic ring is 1. The molecule has 0 saturated heterocycles. The van der Waals surface area contributed by atoms with Gasteiger partial charge in [-0.05, 0) is 30.7 Å². The normalized spacial score (nSPS) is 11.7. The van der Waals surface area contributed by atoms with Crippen molar-refractivity contribution in [1.29, 1.82) is 0 Å². The maximum absolute atomic E-state index is 10.7. The Balaban J connectivity index is 2.13. The summed E-state index contributed by atoms with van der Waals surface area (Å²) in [6, 6.07) is 10.5. The Hall–Kier alpha value is -2.83. The van der Waals surface area contributed by atoms with Gasteiger partial charge in [-0.2, -0.15) is 0 Å². The van der Waals surface area contributed by atoms with Crippen molar-refractivity contribution < 1.29 is 9.66 Å². The van der Waals surface area contributed by atoms with Crippen LogP contribution in [0.4, 0.5) is 17.3 Å². The molecule has 0 aliphatic heterocycles. The molecule has 21 heavy (non-hydrogen) atoms. The van der Waals surface area contributed by atoms with Crippen molar-refractivity contribution in [2.24, 2.45) is 0 Å². The average molecular weight is 288 g/mol. The number of rotatable bonds is 5. The van der Waals surface area contributed by atoms with Crippen LogP contribution < -0.4 is 15.8 Å². The third kappa shape index (κ3) is 3.38. The van der Waals surface area contributed by atoms with E-state index in [0.717, 1.165) is 11.3 Å². The maximum Gasteiger partial charge on any atom is 0.311 e. The minimum absolute atomic E-state index is 0.0238. The van der Waals surface area contributed by atoms with E-state index < -0.39 is 4.92 Å². The number of aromatic nitrogens is 1. The number of nitrogens with zero attached hydrogens (tertiary/aromatic N) is 2. The van der Waals surface area contributed by atoms with Crippen molar-refractivity contribution in [2.45, 2.75) is 13.0 Å². The summed E-state index contributed by atoms with van der Waals surface area (Å²) in [5, 5.41) is 13.8. The Morgan fingerprint density at radius 2 is 1.95 bits per heavy atom. The van der Waals surface area contributed by atoms with Gasteiger partial charge >= 0.3 is 5.69 Å². The van der Waals surface area contributed by atoms with Gasteiger partial charge in [-0.1, -0.05) is 12.1 Å². The highest BCUT2D eigenvalue weighted by molar-refractivity contribution is 5.57. The van der Waals surface area contributed by atoms with Crippen LogP contribution in [0.1, 0.15) is 18.5 Å². The molecule has 0 bridgehead atoms. The molecule has 0 radical (unpaired) electrons. The molecule has 1 aromatic heterocycles. The van der Waals surface area contributed by atoms with E-state index in [9.17, 15) is 10.1 Å². The van der Waals surface area contributed by atoms with Crippen LogP contribution in [0.3, 0.4) is 0 Å². The van der Waals surface area contributed by atoms with Crippen molar-refractivity contribution in [3.8, 4) is 5.75 Å². The molecule has 0 spiro atoms. The van der Waals surface area contributed by atoms with Crippen molar-refractivity contribution in [3.05, 3.63) is 52.1 Å². The fraction of sp³-hybridized carbons (Fsp3) is 0.214. The first-order valence-electron chi connectivity index (χ1n) is 6.32. The van der Waals surface area contributed by atoms with Crippen LogP contribution in [0.25, 0.3) is 0 Å². The number of methoxy groups -OCH3 is 1. The van der Waals surface area contributed by atoms with Crippen LogP contribution in [0.5, 0.6) is 5.75 Å². The van der Waals surface area contributed by atoms with Crippen molar-refractivity contribution in [2.75, 3.05) is 18.2 Å². The first-order valence-corrected chi connectivity index (χ1v) is 6.32. The van der Waals surface area contributed by atoms with Gasteiger partial charge in [0.25, 0.3) is 0 Å². The molecule has 1 atom stereocenters. The molecule has 0 aliphatic carbocycles. The van der Waals surface area contributed by atoms with E-state index in [1.807, 2.05) is 31.2 Å². The molecule has 0 fully saturated rings. The van der Waals surface area contributed by atoms with Gasteiger partial charge in [0.1, 0.15) is 11.6 Å². The lowest BCUT2D eigenvalue weighted by Crippen LogP contribution is -2.09. The van der Waals surface area contributed by atoms with E-state index >= 15 is 0 Å². The van der Waals surface area contributed by atoms with E-state index in [2.05, 4.69) is 10.3 Å². The monoisotopic (exact) mass is 288 g/mol. The molecular formula is C14H16N4O3. The van der Waals surface area contributed by atoms with Crippen LogP contribution in [0.15, 0.2) is 36.4 Å². The predicted molar refractivity (Wildman–Crippen MR) is 80.3 cm³/mol. The van der Waals surface area contributed by atoms with E-state index in [-0.39, 0.29) is 17.5 Å². The van der Waals surface area contributed by atoms with Gasteiger partial charge in [-0.3, -0.25) is 10.1 Å². The molecule has 1 aromatic carbocycles. The highest BCUT2D eigenvalue weighted by Crippen LogP contribution is 2.24. The molecule has 1 heterocycles. The highest BCUT2D eigenvalue weighted by atomic mass is 16.6. The average Bonchev–Trinajstić information content (AvgIpc) is 2.47. The quantitative estimate of drug-likeness (QED) is 0.647. The maximum atomic E-state index is 10.7. The Morgan fingerprint density at radius 1 is 1.29 bits per heavy atom. The summed E-state index contributed by atoms with van der Waals surface area (Å²) >= 11 is 0. The van der Waals surface area contributed by atoms with Crippen molar-refractivity contribution in [1.82, 2.24) is 4.98 Å². The number of hydrogen-bond acceptors (Lipinski definition) is 6. The lowest BCUT2D eigenvalue weighted by atomic mass is 10.1. The molecule has 1 unspecified atom stereocenters. The second-order valence-corrected chi connectivity index (χ2v) is 4.50. The number of hydrogen-bond donors (Lipinski definition) is 2. The summed E-state index contributed by atoms with van der Waals surface area (Å²) in [6.45, 7) is 1.96. The van der Waals surface area contributed by atoms with E-state index in [4.69, 9.17) is 10.5 Å². The molecule has 0 amide bonds. The number of anilines is 2. The summed E-state index contributed by atoms with van der Waals surface area (Å²) in [4.78, 5) is 14.1. The van der Waals surface area contributed by atoms with Gasteiger partial charge in [-0.25, -0.2) is 4.98 Å². The fourth-order valence-corrected chi connectivity index (χ4v) is 1.90. The highest BCUT2D eigenvalue weighted by Gasteiger charge is 2.14. The number of nitrogens with two attached hydrogens (primary N) is 1. The molecule has 110 valence electrons. The topological polar surface area (TPSA) is 103 Å². The molecule has 7 heteroatoms. The Labute approximate surface area is 121 Å². The van der Waals surface area contributed by atoms with Gasteiger partial charge in [0, 0.05) is 12.1 Å². The molecule has 0 aliphatic rings. The van der Waals surface area contributed by atoms with Crippen LogP contribution >= 0.6 is 0 Å². The summed E-state index contributed by atoms with van der Waals surface area (Å²) in [6.07, 6.45) is 0. The van der Waals surface area contributed by atoms with E-state index in [0.29, 0.717) is 5.82 Å². The smallest absolute Gasteiger partial charge is 0.311 e. The third-order valence-corrected chi connectivity index (χ3v) is 3.08. The SMILES string of the molecule is COc1ccc(C(C)Nc2ccc([N+](=O)[O-])c(N)n2)cc1. The van der Waals surface area contributed by atoms with Crippen molar-refractivity contribution >= 4 is 17.3 Å². The second-order valence-electron chi connectivity index (χ2n) is 4.50. The Bertz CT molecular complexity index is 643. The number of nitro groups is 1. The van der Waals surface area contributed by atoms with Crippen LogP contribution in [0.2, 0.25) is 0 Å². The lowest BCUT2D eigenvalue weighted by Gasteiger charge is -2.15. The molecule has 0 saturated carbocycles. The zero-order chi connectivity index (χ0) is 15.4. The first-order chi connectivity index (χ1) is 10.0. The predicted octanol–water partition coefficient (Wildman–Crippen LogP) is 2.75. The fourth-order valence-electron chi connectivity index (χ4n) is 1.90. The number of pyridine rings is 1. The van der Waals surface area contributed by atoms with E-state index in [1.54, 1.807) is 7.11 Å². The van der Waals surface area contributed by atoms with Gasteiger partial charge in [0.15, 0.2) is 0 Å². The summed E-state index contributed by atoms with van der Waals surface area (Å²) in [7, 11) is 1.61. The number of nitrogens with one attached hydrogen (secondary N) is 1. The van der Waals surface area contributed by atoms with Gasteiger partial charge in [0.05, 0.1) is 12.0 Å². The molecule has 3 N–H and O–H groups in total. The summed E-state index contributed by atoms with van der Waals surface area (Å²) in [5.41, 5.74) is 6.41. The summed E-state index contributed by atoms with van der Waals surface area (Å²) < 4.78 is 5.11. The molecule has 2 aromatic rings. The van der Waals surface area contributed by atoms with Crippen molar-refractivity contribution in [3.63, 3.8) is 0 Å². The van der Waals surface area contributed by atoms with Crippen LogP contribution in [-0.4, -0.2) is 17.0 Å². The van der Waals surface area contributed by atoms with Gasteiger partial charge in [-0.15, -0.1) is 0 Å². The third-order valence-electron chi connectivity index (χ3n) is 3.08. The minimum Gasteiger partial charge on any atom is -0.497 e. The summed E-state index contributed by atoms with van der Waals surface area (Å²) in [5.74, 6) is 1.16. The van der Waals surface area contributed by atoms with Gasteiger partial charge < -0.3 is 15.8 Å². The van der Waals surface area contributed by atoms with E-state index in [1.165, 1.54) is 12.1 Å².